The molecule has 6 nitrogen and oxygen atoms in total. The number of fused-ring (bicyclic) bond motifs is 1. The van der Waals surface area contributed by atoms with Gasteiger partial charge in [0.1, 0.15) is 11.1 Å². The fraction of sp³-hybridized carbons (Fsp3) is 0.750. The van der Waals surface area contributed by atoms with E-state index in [1.807, 2.05) is 4.52 Å². The van der Waals surface area contributed by atoms with Gasteiger partial charge in [-0.05, 0) is 31.6 Å². The Morgan fingerprint density at radius 1 is 1.37 bits per heavy atom. The molecule has 0 radical (unpaired) electrons. The van der Waals surface area contributed by atoms with Gasteiger partial charge in [0.25, 0.3) is 0 Å². The van der Waals surface area contributed by atoms with E-state index in [1.54, 1.807) is 11.3 Å². The maximum absolute atomic E-state index is 6.16. The molecule has 4 rings (SSSR count). The van der Waals surface area contributed by atoms with Gasteiger partial charge in [-0.25, -0.2) is 0 Å². The van der Waals surface area contributed by atoms with Crippen LogP contribution in [0.5, 0.6) is 0 Å². The topological polar surface area (TPSA) is 78.3 Å². The van der Waals surface area contributed by atoms with E-state index in [2.05, 4.69) is 15.3 Å². The summed E-state index contributed by atoms with van der Waals surface area (Å²) in [5.41, 5.74) is 6.16. The molecule has 19 heavy (non-hydrogen) atoms. The molecular formula is C12H17N5OS. The molecule has 2 aromatic heterocycles. The molecule has 0 spiro atoms. The van der Waals surface area contributed by atoms with Crippen LogP contribution in [0.25, 0.3) is 4.96 Å². The summed E-state index contributed by atoms with van der Waals surface area (Å²) < 4.78 is 7.50. The van der Waals surface area contributed by atoms with Crippen molar-refractivity contribution < 1.29 is 4.74 Å². The Morgan fingerprint density at radius 3 is 3.00 bits per heavy atom. The first kappa shape index (κ1) is 11.7. The summed E-state index contributed by atoms with van der Waals surface area (Å²) in [5.74, 6) is 1.54. The predicted octanol–water partition coefficient (Wildman–Crippen LogP) is 1.32. The van der Waals surface area contributed by atoms with Gasteiger partial charge in [-0.1, -0.05) is 11.3 Å². The second kappa shape index (κ2) is 4.50. The maximum atomic E-state index is 6.16. The minimum Gasteiger partial charge on any atom is -0.370 e. The summed E-state index contributed by atoms with van der Waals surface area (Å²) in [5, 5.41) is 14.1. The molecule has 0 bridgehead atoms. The Hall–Kier alpha value is -1.05. The van der Waals surface area contributed by atoms with Gasteiger partial charge >= 0.3 is 0 Å². The van der Waals surface area contributed by atoms with Crippen LogP contribution in [0.4, 0.5) is 0 Å². The van der Waals surface area contributed by atoms with Crippen molar-refractivity contribution in [2.24, 2.45) is 11.7 Å². The van der Waals surface area contributed by atoms with Gasteiger partial charge in [-0.15, -0.1) is 10.2 Å². The summed E-state index contributed by atoms with van der Waals surface area (Å²) >= 11 is 1.59. The molecule has 0 aromatic carbocycles. The first-order chi connectivity index (χ1) is 9.31. The molecule has 2 fully saturated rings. The number of aromatic nitrogens is 4. The highest BCUT2D eigenvalue weighted by Gasteiger charge is 2.30. The third-order valence-corrected chi connectivity index (χ3v) is 4.83. The van der Waals surface area contributed by atoms with E-state index in [9.17, 15) is 0 Å². The van der Waals surface area contributed by atoms with Crippen LogP contribution >= 0.6 is 11.3 Å². The summed E-state index contributed by atoms with van der Waals surface area (Å²) in [4.78, 5) is 0.850. The van der Waals surface area contributed by atoms with Crippen LogP contribution < -0.4 is 5.73 Å². The molecule has 0 amide bonds. The monoisotopic (exact) mass is 279 g/mol. The largest absolute Gasteiger partial charge is 0.370 e. The number of rotatable bonds is 4. The smallest absolute Gasteiger partial charge is 0.234 e. The normalized spacial score (nSPS) is 25.2. The minimum atomic E-state index is 0.0575. The predicted molar refractivity (Wildman–Crippen MR) is 71.0 cm³/mol. The standard InChI is InChI=1S/C12H17N5OS/c13-8(7-3-4-7)6-10-16-17-11(9-2-1-5-18-9)14-15-12(17)19-10/h7-9H,1-6,13H2. The number of ether oxygens (including phenoxy) is 1. The highest BCUT2D eigenvalue weighted by atomic mass is 32.1. The van der Waals surface area contributed by atoms with Gasteiger partial charge in [-0.3, -0.25) is 0 Å². The zero-order chi connectivity index (χ0) is 12.8. The van der Waals surface area contributed by atoms with Gasteiger partial charge in [0, 0.05) is 19.1 Å². The summed E-state index contributed by atoms with van der Waals surface area (Å²) in [6, 6.07) is 0.245. The second-order valence-electron chi connectivity index (χ2n) is 5.46. The van der Waals surface area contributed by atoms with Crippen molar-refractivity contribution in [2.75, 3.05) is 6.61 Å². The molecule has 1 saturated heterocycles. The number of nitrogens with two attached hydrogens (primary N) is 1. The van der Waals surface area contributed by atoms with Crippen LogP contribution in [-0.2, 0) is 11.2 Å². The average molecular weight is 279 g/mol. The van der Waals surface area contributed by atoms with E-state index in [0.29, 0.717) is 5.92 Å². The number of hydrogen-bond donors (Lipinski definition) is 1. The molecule has 2 aromatic rings. The molecule has 1 aliphatic heterocycles. The number of hydrogen-bond acceptors (Lipinski definition) is 6. The molecule has 2 aliphatic rings. The van der Waals surface area contributed by atoms with Crippen molar-refractivity contribution in [1.82, 2.24) is 19.8 Å². The van der Waals surface area contributed by atoms with Gasteiger partial charge in [0.2, 0.25) is 4.96 Å². The third kappa shape index (κ3) is 2.15. The molecule has 2 atom stereocenters. The zero-order valence-electron chi connectivity index (χ0n) is 10.7. The van der Waals surface area contributed by atoms with Crippen LogP contribution in [-0.4, -0.2) is 32.5 Å². The lowest BCUT2D eigenvalue weighted by Gasteiger charge is -2.06. The van der Waals surface area contributed by atoms with Crippen LogP contribution in [0.15, 0.2) is 0 Å². The van der Waals surface area contributed by atoms with Crippen LogP contribution in [0.2, 0.25) is 0 Å². The summed E-state index contributed by atoms with van der Waals surface area (Å²) in [6.07, 6.45) is 5.54. The fourth-order valence-corrected chi connectivity index (χ4v) is 3.54. The number of nitrogens with zero attached hydrogens (tertiary/aromatic N) is 4. The van der Waals surface area contributed by atoms with Crippen molar-refractivity contribution in [3.05, 3.63) is 10.8 Å². The Morgan fingerprint density at radius 2 is 2.26 bits per heavy atom. The molecule has 1 aliphatic carbocycles. The van der Waals surface area contributed by atoms with Crippen molar-refractivity contribution in [3.8, 4) is 0 Å². The van der Waals surface area contributed by atoms with Gasteiger partial charge in [0.05, 0.1) is 0 Å². The lowest BCUT2D eigenvalue weighted by Crippen LogP contribution is -2.25. The lowest BCUT2D eigenvalue weighted by molar-refractivity contribution is 0.103. The SMILES string of the molecule is NC(Cc1nn2c(C3CCCO3)nnc2s1)C1CC1. The Kier molecular flexibility index (Phi) is 2.78. The molecule has 3 heterocycles. The minimum absolute atomic E-state index is 0.0575. The van der Waals surface area contributed by atoms with Crippen molar-refractivity contribution in [1.29, 1.82) is 0 Å². The molecule has 7 heteroatoms. The van der Waals surface area contributed by atoms with E-state index < -0.39 is 0 Å². The lowest BCUT2D eigenvalue weighted by atomic mass is 10.1. The van der Waals surface area contributed by atoms with Gasteiger partial charge in [-0.2, -0.15) is 9.61 Å². The molecule has 102 valence electrons. The highest BCUT2D eigenvalue weighted by molar-refractivity contribution is 7.16. The van der Waals surface area contributed by atoms with E-state index >= 15 is 0 Å². The van der Waals surface area contributed by atoms with Crippen molar-refractivity contribution >= 4 is 16.3 Å². The molecule has 2 N–H and O–H groups in total. The van der Waals surface area contributed by atoms with E-state index in [-0.39, 0.29) is 12.1 Å². The van der Waals surface area contributed by atoms with E-state index in [0.717, 1.165) is 41.7 Å². The summed E-state index contributed by atoms with van der Waals surface area (Å²) in [7, 11) is 0. The van der Waals surface area contributed by atoms with Crippen LogP contribution in [0, 0.1) is 5.92 Å². The van der Waals surface area contributed by atoms with Crippen LogP contribution in [0.1, 0.15) is 42.6 Å². The second-order valence-corrected chi connectivity index (χ2v) is 6.50. The summed E-state index contributed by atoms with van der Waals surface area (Å²) in [6.45, 7) is 0.809. The first-order valence-electron chi connectivity index (χ1n) is 6.89. The third-order valence-electron chi connectivity index (χ3n) is 3.91. The van der Waals surface area contributed by atoms with Gasteiger partial charge < -0.3 is 10.5 Å². The maximum Gasteiger partial charge on any atom is 0.234 e. The Balaban J connectivity index is 1.59. The highest BCUT2D eigenvalue weighted by Crippen LogP contribution is 2.34. The van der Waals surface area contributed by atoms with Gasteiger partial charge in [0.15, 0.2) is 5.82 Å². The van der Waals surface area contributed by atoms with E-state index in [4.69, 9.17) is 10.5 Å². The molecule has 2 unspecified atom stereocenters. The average Bonchev–Trinajstić information content (AvgIpc) is 2.81. The first-order valence-corrected chi connectivity index (χ1v) is 7.71. The van der Waals surface area contributed by atoms with Crippen molar-refractivity contribution in [3.63, 3.8) is 0 Å². The van der Waals surface area contributed by atoms with E-state index in [1.165, 1.54) is 12.8 Å². The van der Waals surface area contributed by atoms with Crippen molar-refractivity contribution in [2.45, 2.75) is 44.2 Å². The quantitative estimate of drug-likeness (QED) is 0.913. The zero-order valence-corrected chi connectivity index (χ0v) is 11.5. The molecular weight excluding hydrogens is 262 g/mol. The Bertz CT molecular complexity index is 584. The van der Waals surface area contributed by atoms with Crippen LogP contribution in [0.3, 0.4) is 0 Å². The Labute approximate surface area is 115 Å². The fourth-order valence-electron chi connectivity index (χ4n) is 2.63. The molecule has 1 saturated carbocycles.